The van der Waals surface area contributed by atoms with Crippen LogP contribution in [-0.4, -0.2) is 44.6 Å². The number of hydrogen-bond donors (Lipinski definition) is 1. The van der Waals surface area contributed by atoms with Gasteiger partial charge in [-0.1, -0.05) is 18.2 Å². The molecule has 192 valence electrons. The van der Waals surface area contributed by atoms with Gasteiger partial charge >= 0.3 is 5.69 Å². The van der Waals surface area contributed by atoms with Gasteiger partial charge in [0.1, 0.15) is 0 Å². The highest BCUT2D eigenvalue weighted by atomic mass is 16.6. The van der Waals surface area contributed by atoms with Crippen molar-refractivity contribution in [3.63, 3.8) is 0 Å². The molecular weight excluding hydrogens is 480 g/mol. The van der Waals surface area contributed by atoms with E-state index in [1.807, 2.05) is 32.0 Å². The number of methoxy groups -OCH3 is 2. The van der Waals surface area contributed by atoms with Crippen LogP contribution in [0.4, 0.5) is 11.4 Å². The van der Waals surface area contributed by atoms with E-state index in [2.05, 4.69) is 15.5 Å². The number of aromatic nitrogens is 4. The Balaban J connectivity index is 1.43. The molecule has 0 saturated heterocycles. The van der Waals surface area contributed by atoms with E-state index in [-0.39, 0.29) is 23.9 Å². The lowest BCUT2D eigenvalue weighted by Gasteiger charge is -2.11. The van der Waals surface area contributed by atoms with Gasteiger partial charge < -0.3 is 19.5 Å². The molecule has 37 heavy (non-hydrogen) atoms. The van der Waals surface area contributed by atoms with Crippen LogP contribution in [0.3, 0.4) is 0 Å². The standard InChI is InChI=1S/C25H26N6O6/c1-16-24(17(2)30(27-16)14-18-9-10-22(35-3)23(13-18)36-4)26-25(32)19-11-12-29(28-19)15-37-21-8-6-5-7-20(21)31(33)34/h5-13H,14-15H2,1-4H3,(H,26,32). The van der Waals surface area contributed by atoms with Crippen molar-refractivity contribution in [2.75, 3.05) is 19.5 Å². The van der Waals surface area contributed by atoms with Crippen LogP contribution in [0.2, 0.25) is 0 Å². The highest BCUT2D eigenvalue weighted by Gasteiger charge is 2.18. The first-order valence-electron chi connectivity index (χ1n) is 11.3. The summed E-state index contributed by atoms with van der Waals surface area (Å²) in [6.07, 6.45) is 1.56. The lowest BCUT2D eigenvalue weighted by molar-refractivity contribution is -0.386. The fourth-order valence-corrected chi connectivity index (χ4v) is 3.78. The number of ether oxygens (including phenoxy) is 3. The molecule has 0 saturated carbocycles. The quantitative estimate of drug-likeness (QED) is 0.252. The Morgan fingerprint density at radius 3 is 2.51 bits per heavy atom. The van der Waals surface area contributed by atoms with Crippen LogP contribution in [0.1, 0.15) is 27.4 Å². The summed E-state index contributed by atoms with van der Waals surface area (Å²) < 4.78 is 19.4. The maximum absolute atomic E-state index is 12.9. The predicted molar refractivity (Wildman–Crippen MR) is 134 cm³/mol. The van der Waals surface area contributed by atoms with Gasteiger partial charge in [0.15, 0.2) is 29.7 Å². The summed E-state index contributed by atoms with van der Waals surface area (Å²) in [7, 11) is 3.16. The average molecular weight is 507 g/mol. The second-order valence-corrected chi connectivity index (χ2v) is 8.09. The van der Waals surface area contributed by atoms with E-state index in [0.29, 0.717) is 29.4 Å². The number of aryl methyl sites for hydroxylation is 1. The molecule has 4 rings (SSSR count). The summed E-state index contributed by atoms with van der Waals surface area (Å²) in [6, 6.07) is 13.2. The van der Waals surface area contributed by atoms with Crippen molar-refractivity contribution in [3.8, 4) is 17.2 Å². The molecule has 0 aliphatic heterocycles. The summed E-state index contributed by atoms with van der Waals surface area (Å²) >= 11 is 0. The van der Waals surface area contributed by atoms with Gasteiger partial charge in [-0.2, -0.15) is 10.2 Å². The zero-order chi connectivity index (χ0) is 26.5. The van der Waals surface area contributed by atoms with E-state index in [4.69, 9.17) is 14.2 Å². The van der Waals surface area contributed by atoms with Gasteiger partial charge in [0.2, 0.25) is 0 Å². The molecule has 1 N–H and O–H groups in total. The minimum atomic E-state index is -0.521. The molecule has 0 unspecified atom stereocenters. The van der Waals surface area contributed by atoms with Gasteiger partial charge in [-0.15, -0.1) is 0 Å². The number of nitro groups is 1. The van der Waals surface area contributed by atoms with Crippen LogP contribution in [0.15, 0.2) is 54.7 Å². The molecule has 2 heterocycles. The molecule has 0 bridgehead atoms. The first-order chi connectivity index (χ1) is 17.8. The van der Waals surface area contributed by atoms with Gasteiger partial charge in [0.05, 0.1) is 42.8 Å². The number of carbonyl (C=O) groups is 1. The van der Waals surface area contributed by atoms with Crippen molar-refractivity contribution in [3.05, 3.63) is 87.5 Å². The highest BCUT2D eigenvalue weighted by Crippen LogP contribution is 2.29. The summed E-state index contributed by atoms with van der Waals surface area (Å²) in [5, 5.41) is 22.8. The minimum absolute atomic E-state index is 0.0978. The molecule has 2 aromatic heterocycles. The predicted octanol–water partition coefficient (Wildman–Crippen LogP) is 3.96. The number of amides is 1. The Bertz CT molecular complexity index is 1440. The van der Waals surface area contributed by atoms with E-state index in [1.54, 1.807) is 37.2 Å². The molecule has 2 aromatic carbocycles. The number of nitrogens with zero attached hydrogens (tertiary/aromatic N) is 5. The molecule has 0 aliphatic carbocycles. The van der Waals surface area contributed by atoms with E-state index < -0.39 is 10.8 Å². The van der Waals surface area contributed by atoms with Crippen LogP contribution in [-0.2, 0) is 13.3 Å². The number of anilines is 1. The average Bonchev–Trinajstić information content (AvgIpc) is 3.48. The van der Waals surface area contributed by atoms with E-state index >= 15 is 0 Å². The van der Waals surface area contributed by atoms with Crippen LogP contribution >= 0.6 is 0 Å². The number of nitro benzene ring substituents is 1. The third-order valence-corrected chi connectivity index (χ3v) is 5.69. The Morgan fingerprint density at radius 1 is 1.03 bits per heavy atom. The first-order valence-corrected chi connectivity index (χ1v) is 11.3. The van der Waals surface area contributed by atoms with E-state index in [9.17, 15) is 14.9 Å². The number of nitrogens with one attached hydrogen (secondary N) is 1. The van der Waals surface area contributed by atoms with Crippen molar-refractivity contribution in [1.29, 1.82) is 0 Å². The highest BCUT2D eigenvalue weighted by molar-refractivity contribution is 6.03. The smallest absolute Gasteiger partial charge is 0.311 e. The maximum Gasteiger partial charge on any atom is 0.311 e. The molecule has 1 amide bonds. The number of benzene rings is 2. The lowest BCUT2D eigenvalue weighted by Crippen LogP contribution is -2.15. The Morgan fingerprint density at radius 2 is 1.78 bits per heavy atom. The summed E-state index contributed by atoms with van der Waals surface area (Å²) in [5.41, 5.74) is 3.00. The van der Waals surface area contributed by atoms with Crippen molar-refractivity contribution in [1.82, 2.24) is 19.6 Å². The van der Waals surface area contributed by atoms with Crippen molar-refractivity contribution in [2.45, 2.75) is 27.1 Å². The third kappa shape index (κ3) is 5.53. The second-order valence-electron chi connectivity index (χ2n) is 8.09. The van der Waals surface area contributed by atoms with Gasteiger partial charge in [0.25, 0.3) is 5.91 Å². The molecule has 0 aliphatic rings. The fourth-order valence-electron chi connectivity index (χ4n) is 3.78. The molecule has 0 radical (unpaired) electrons. The molecule has 12 heteroatoms. The second kappa shape index (κ2) is 10.8. The molecule has 4 aromatic rings. The monoisotopic (exact) mass is 506 g/mol. The molecule has 12 nitrogen and oxygen atoms in total. The summed E-state index contributed by atoms with van der Waals surface area (Å²) in [4.78, 5) is 23.5. The van der Waals surface area contributed by atoms with Crippen LogP contribution < -0.4 is 19.5 Å². The number of rotatable bonds is 10. The summed E-state index contributed by atoms with van der Waals surface area (Å²) in [5.74, 6) is 0.958. The molecule has 0 spiro atoms. The molecule has 0 atom stereocenters. The summed E-state index contributed by atoms with van der Waals surface area (Å²) in [6.45, 7) is 4.06. The van der Waals surface area contributed by atoms with E-state index in [0.717, 1.165) is 11.3 Å². The molecule has 0 fully saturated rings. The third-order valence-electron chi connectivity index (χ3n) is 5.69. The maximum atomic E-state index is 12.9. The lowest BCUT2D eigenvalue weighted by atomic mass is 10.2. The fraction of sp³-hybridized carbons (Fsp3) is 0.240. The van der Waals surface area contributed by atoms with Gasteiger partial charge in [-0.3, -0.25) is 19.6 Å². The Kier molecular flexibility index (Phi) is 7.37. The minimum Gasteiger partial charge on any atom is -0.493 e. The molecular formula is C25H26N6O6. The van der Waals surface area contributed by atoms with Gasteiger partial charge in [0, 0.05) is 12.3 Å². The Hall–Kier alpha value is -4.87. The zero-order valence-electron chi connectivity index (χ0n) is 20.8. The largest absolute Gasteiger partial charge is 0.493 e. The zero-order valence-corrected chi connectivity index (χ0v) is 20.8. The van der Waals surface area contributed by atoms with Gasteiger partial charge in [-0.25, -0.2) is 4.68 Å². The number of carbonyl (C=O) groups excluding carboxylic acids is 1. The number of para-hydroxylation sites is 2. The van der Waals surface area contributed by atoms with Gasteiger partial charge in [-0.05, 0) is 43.7 Å². The van der Waals surface area contributed by atoms with Crippen molar-refractivity contribution in [2.24, 2.45) is 0 Å². The van der Waals surface area contributed by atoms with Crippen LogP contribution in [0, 0.1) is 24.0 Å². The number of hydrogen-bond acceptors (Lipinski definition) is 8. The Labute approximate surface area is 212 Å². The van der Waals surface area contributed by atoms with Crippen LogP contribution in [0.25, 0.3) is 0 Å². The van der Waals surface area contributed by atoms with Crippen molar-refractivity contribution >= 4 is 17.3 Å². The van der Waals surface area contributed by atoms with E-state index in [1.165, 1.54) is 22.9 Å². The first kappa shape index (κ1) is 25.2. The SMILES string of the molecule is COc1ccc(Cn2nc(C)c(NC(=O)c3ccn(COc4ccccc4[N+](=O)[O-])n3)c2C)cc1OC. The van der Waals surface area contributed by atoms with Crippen molar-refractivity contribution < 1.29 is 23.9 Å². The van der Waals surface area contributed by atoms with Crippen LogP contribution in [0.5, 0.6) is 17.2 Å². The normalized spacial score (nSPS) is 10.7. The topological polar surface area (TPSA) is 136 Å².